The number of hydrogen-bond acceptors (Lipinski definition) is 8. The monoisotopic (exact) mass is 406 g/mol. The Morgan fingerprint density at radius 1 is 1.17 bits per heavy atom. The zero-order valence-corrected chi connectivity index (χ0v) is 15.8. The van der Waals surface area contributed by atoms with E-state index in [-0.39, 0.29) is 6.42 Å². The number of ether oxygens (including phenoxy) is 1. The van der Waals surface area contributed by atoms with Crippen molar-refractivity contribution in [2.45, 2.75) is 39.2 Å². The fraction of sp³-hybridized carbons (Fsp3) is 0.353. The van der Waals surface area contributed by atoms with Crippen LogP contribution in [0.25, 0.3) is 0 Å². The minimum Gasteiger partial charge on any atom is -0.430 e. The van der Waals surface area contributed by atoms with Gasteiger partial charge in [-0.2, -0.15) is 0 Å². The minimum atomic E-state index is -1.39. The van der Waals surface area contributed by atoms with E-state index in [0.29, 0.717) is 18.6 Å². The van der Waals surface area contributed by atoms with Crippen LogP contribution in [0.4, 0.5) is 27.5 Å². The van der Waals surface area contributed by atoms with Gasteiger partial charge in [-0.15, -0.1) is 6.42 Å². The van der Waals surface area contributed by atoms with Crippen LogP contribution in [-0.2, 0) is 4.74 Å². The zero-order chi connectivity index (χ0) is 22.4. The highest BCUT2D eigenvalue weighted by Crippen LogP contribution is 2.38. The van der Waals surface area contributed by atoms with Crippen LogP contribution in [-0.4, -0.2) is 26.5 Å². The highest BCUT2D eigenvalue weighted by atomic mass is 16.6. The minimum absolute atomic E-state index is 0.229. The number of non-ortho nitro benzene ring substituents is 1. The average molecular weight is 406 g/mol. The van der Waals surface area contributed by atoms with Crippen molar-refractivity contribution in [3.63, 3.8) is 0 Å². The molecule has 1 rings (SSSR count). The zero-order valence-electron chi connectivity index (χ0n) is 15.8. The summed E-state index contributed by atoms with van der Waals surface area (Å²) in [7, 11) is 0. The fourth-order valence-corrected chi connectivity index (χ4v) is 2.24. The Hall–Kier alpha value is -4.01. The molecule has 0 radical (unpaired) electrons. The van der Waals surface area contributed by atoms with E-state index < -0.39 is 49.2 Å². The van der Waals surface area contributed by atoms with Gasteiger partial charge in [0.15, 0.2) is 5.60 Å². The van der Waals surface area contributed by atoms with E-state index in [1.165, 1.54) is 6.92 Å². The highest BCUT2D eigenvalue weighted by molar-refractivity contribution is 5.93. The molecule has 1 aromatic rings. The molecule has 12 nitrogen and oxygen atoms in total. The van der Waals surface area contributed by atoms with E-state index in [2.05, 4.69) is 5.92 Å². The number of nitro groups is 3. The molecule has 0 aromatic heterocycles. The van der Waals surface area contributed by atoms with Crippen LogP contribution in [0.2, 0.25) is 0 Å². The van der Waals surface area contributed by atoms with E-state index >= 15 is 0 Å². The molecule has 1 aromatic carbocycles. The van der Waals surface area contributed by atoms with Gasteiger partial charge in [0, 0.05) is 6.42 Å². The second-order valence-corrected chi connectivity index (χ2v) is 6.34. The maximum atomic E-state index is 12.2. The van der Waals surface area contributed by atoms with Gasteiger partial charge < -0.3 is 4.74 Å². The normalized spacial score (nSPS) is 12.1. The third-order valence-corrected chi connectivity index (χ3v) is 3.71. The van der Waals surface area contributed by atoms with Crippen molar-refractivity contribution < 1.29 is 24.3 Å². The van der Waals surface area contributed by atoms with Crippen molar-refractivity contribution in [2.24, 2.45) is 0 Å². The van der Waals surface area contributed by atoms with Gasteiger partial charge in [0.1, 0.15) is 0 Å². The Balaban J connectivity index is 3.24. The topological polar surface area (TPSA) is 168 Å². The Kier molecular flexibility index (Phi) is 7.36. The molecule has 0 spiro atoms. The molecule has 0 fully saturated rings. The first-order valence-corrected chi connectivity index (χ1v) is 8.12. The quantitative estimate of drug-likeness (QED) is 0.291. The molecular formula is C17H18N4O8. The van der Waals surface area contributed by atoms with Crippen molar-refractivity contribution in [2.75, 3.05) is 5.32 Å². The number of amides is 1. The standard InChI is InChI=1S/C17H18N4O8/c1-5-17(4,8-6-7-11(2)3)29-16(22)18-15-13(20(25)26)9-12(19(23)24)10-14(15)21(27)28/h1,7,9-10H,6,8H2,2-4H3,(H,18,22). The average Bonchev–Trinajstić information content (AvgIpc) is 2.60. The van der Waals surface area contributed by atoms with Gasteiger partial charge >= 0.3 is 17.5 Å². The van der Waals surface area contributed by atoms with Gasteiger partial charge in [-0.3, -0.25) is 35.7 Å². The Morgan fingerprint density at radius 3 is 2.07 bits per heavy atom. The number of nitrogens with zero attached hydrogens (tertiary/aromatic N) is 3. The number of terminal acetylenes is 1. The van der Waals surface area contributed by atoms with Crippen molar-refractivity contribution in [1.82, 2.24) is 0 Å². The predicted molar refractivity (Wildman–Crippen MR) is 102 cm³/mol. The first-order valence-electron chi connectivity index (χ1n) is 8.12. The molecular weight excluding hydrogens is 388 g/mol. The summed E-state index contributed by atoms with van der Waals surface area (Å²) in [5, 5.41) is 35.3. The van der Waals surface area contributed by atoms with E-state index in [0.717, 1.165) is 5.57 Å². The molecule has 0 bridgehead atoms. The number of rotatable bonds is 8. The van der Waals surface area contributed by atoms with Crippen LogP contribution < -0.4 is 5.32 Å². The summed E-state index contributed by atoms with van der Waals surface area (Å²) in [5.41, 5.74) is -4.16. The van der Waals surface area contributed by atoms with Crippen LogP contribution >= 0.6 is 0 Å². The second kappa shape index (κ2) is 9.27. The first kappa shape index (κ1) is 23.0. The molecule has 0 saturated heterocycles. The summed E-state index contributed by atoms with van der Waals surface area (Å²) in [6.07, 6.45) is 6.71. The number of hydrogen-bond donors (Lipinski definition) is 1. The van der Waals surface area contributed by atoms with Crippen LogP contribution in [0.5, 0.6) is 0 Å². The smallest absolute Gasteiger partial charge is 0.413 e. The lowest BCUT2D eigenvalue weighted by Crippen LogP contribution is -2.32. The van der Waals surface area contributed by atoms with Gasteiger partial charge in [0.05, 0.1) is 26.9 Å². The molecule has 29 heavy (non-hydrogen) atoms. The molecule has 12 heteroatoms. The van der Waals surface area contributed by atoms with E-state index in [1.54, 1.807) is 0 Å². The van der Waals surface area contributed by atoms with Gasteiger partial charge in [-0.1, -0.05) is 17.6 Å². The predicted octanol–water partition coefficient (Wildman–Crippen LogP) is 4.10. The van der Waals surface area contributed by atoms with Gasteiger partial charge in [-0.25, -0.2) is 4.79 Å². The molecule has 1 amide bonds. The van der Waals surface area contributed by atoms with Crippen molar-refractivity contribution in [3.05, 3.63) is 54.1 Å². The first-order chi connectivity index (χ1) is 13.4. The molecule has 1 atom stereocenters. The number of benzene rings is 1. The number of carbonyl (C=O) groups excluding carboxylic acids is 1. The SMILES string of the molecule is C#CC(C)(CCC=C(C)C)OC(=O)Nc1c([N+](=O)[O-])cc([N+](=O)[O-])cc1[N+](=O)[O-]. The molecule has 0 aliphatic rings. The molecule has 0 heterocycles. The summed E-state index contributed by atoms with van der Waals surface area (Å²) in [6, 6.07) is 0.996. The lowest BCUT2D eigenvalue weighted by molar-refractivity contribution is -0.401. The highest BCUT2D eigenvalue weighted by Gasteiger charge is 2.34. The number of carbonyl (C=O) groups is 1. The summed E-state index contributed by atoms with van der Waals surface area (Å²) in [6.45, 7) is 5.17. The molecule has 1 N–H and O–H groups in total. The van der Waals surface area contributed by atoms with Gasteiger partial charge in [-0.05, 0) is 27.2 Å². The fourth-order valence-electron chi connectivity index (χ4n) is 2.24. The molecule has 154 valence electrons. The van der Waals surface area contributed by atoms with Crippen LogP contribution in [0, 0.1) is 42.7 Å². The summed E-state index contributed by atoms with van der Waals surface area (Å²) >= 11 is 0. The number of allylic oxidation sites excluding steroid dienone is 2. The van der Waals surface area contributed by atoms with Gasteiger partial charge in [0.25, 0.3) is 5.69 Å². The largest absolute Gasteiger partial charge is 0.430 e. The Labute approximate surface area is 165 Å². The van der Waals surface area contributed by atoms with Crippen LogP contribution in [0.3, 0.4) is 0 Å². The summed E-state index contributed by atoms with van der Waals surface area (Å²) in [4.78, 5) is 42.4. The maximum Gasteiger partial charge on any atom is 0.413 e. The molecule has 0 aliphatic heterocycles. The Bertz CT molecular complexity index is 895. The van der Waals surface area contributed by atoms with Crippen molar-refractivity contribution in [3.8, 4) is 12.3 Å². The molecule has 1 unspecified atom stereocenters. The van der Waals surface area contributed by atoms with E-state index in [9.17, 15) is 35.1 Å². The number of nitrogens with one attached hydrogen (secondary N) is 1. The number of anilines is 1. The van der Waals surface area contributed by atoms with Gasteiger partial charge in [0.2, 0.25) is 5.69 Å². The van der Waals surface area contributed by atoms with Crippen molar-refractivity contribution >= 4 is 28.8 Å². The lowest BCUT2D eigenvalue weighted by Gasteiger charge is -2.23. The molecule has 0 aliphatic carbocycles. The second-order valence-electron chi connectivity index (χ2n) is 6.34. The van der Waals surface area contributed by atoms with Crippen LogP contribution in [0.15, 0.2) is 23.8 Å². The number of nitro benzene ring substituents is 3. The van der Waals surface area contributed by atoms with Crippen molar-refractivity contribution in [1.29, 1.82) is 0 Å². The van der Waals surface area contributed by atoms with Crippen LogP contribution in [0.1, 0.15) is 33.6 Å². The maximum absolute atomic E-state index is 12.2. The lowest BCUT2D eigenvalue weighted by atomic mass is 10.0. The molecule has 0 saturated carbocycles. The summed E-state index contributed by atoms with van der Waals surface area (Å²) < 4.78 is 5.13. The summed E-state index contributed by atoms with van der Waals surface area (Å²) in [5.74, 6) is 2.30. The third kappa shape index (κ3) is 6.28. The third-order valence-electron chi connectivity index (χ3n) is 3.71. The van der Waals surface area contributed by atoms with E-state index in [4.69, 9.17) is 11.2 Å². The van der Waals surface area contributed by atoms with E-state index in [1.807, 2.05) is 25.2 Å². The Morgan fingerprint density at radius 2 is 1.69 bits per heavy atom.